The van der Waals surface area contributed by atoms with Gasteiger partial charge in [0.05, 0.1) is 0 Å². The summed E-state index contributed by atoms with van der Waals surface area (Å²) in [6.07, 6.45) is 0.518. The first kappa shape index (κ1) is 11.8. The molecule has 0 aliphatic heterocycles. The third-order valence-electron chi connectivity index (χ3n) is 2.47. The first-order valence-electron chi connectivity index (χ1n) is 5.47. The molecular formula is C16H10O2. The molecule has 0 fully saturated rings. The lowest BCUT2D eigenvalue weighted by Crippen LogP contribution is -2.03. The lowest BCUT2D eigenvalue weighted by molar-refractivity contribution is -0.103. The molecule has 2 aromatic rings. The minimum atomic E-state index is -0.0913. The molecule has 0 saturated heterocycles. The zero-order chi connectivity index (χ0) is 12.8. The van der Waals surface area contributed by atoms with Crippen molar-refractivity contribution in [3.05, 3.63) is 71.3 Å². The van der Waals surface area contributed by atoms with E-state index in [2.05, 4.69) is 11.8 Å². The van der Waals surface area contributed by atoms with E-state index >= 15 is 0 Å². The first-order chi connectivity index (χ1) is 8.83. The molecule has 0 aliphatic carbocycles. The topological polar surface area (TPSA) is 34.1 Å². The number of carbonyl (C=O) groups excluding carboxylic acids is 2. The van der Waals surface area contributed by atoms with Gasteiger partial charge in [-0.3, -0.25) is 9.59 Å². The van der Waals surface area contributed by atoms with Crippen LogP contribution in [0.15, 0.2) is 54.6 Å². The molecule has 0 amide bonds. The third kappa shape index (κ3) is 2.53. The van der Waals surface area contributed by atoms with E-state index in [9.17, 15) is 9.59 Å². The van der Waals surface area contributed by atoms with Gasteiger partial charge in [-0.05, 0) is 18.1 Å². The van der Waals surface area contributed by atoms with Crippen molar-refractivity contribution in [1.29, 1.82) is 0 Å². The van der Waals surface area contributed by atoms with Crippen LogP contribution >= 0.6 is 0 Å². The summed E-state index contributed by atoms with van der Waals surface area (Å²) in [6, 6.07) is 16.0. The third-order valence-corrected chi connectivity index (χ3v) is 2.47. The molecule has 0 heterocycles. The Bertz CT molecular complexity index is 631. The second kappa shape index (κ2) is 5.60. The molecule has 0 bridgehead atoms. The van der Waals surface area contributed by atoms with Crippen LogP contribution in [-0.2, 0) is 4.79 Å². The Balaban J connectivity index is 2.45. The molecule has 0 N–H and O–H groups in total. The molecule has 0 spiro atoms. The van der Waals surface area contributed by atoms with Crippen molar-refractivity contribution in [2.75, 3.05) is 0 Å². The predicted molar refractivity (Wildman–Crippen MR) is 69.3 cm³/mol. The average molecular weight is 234 g/mol. The summed E-state index contributed by atoms with van der Waals surface area (Å²) in [4.78, 5) is 22.5. The van der Waals surface area contributed by atoms with Crippen molar-refractivity contribution < 1.29 is 9.59 Å². The smallest absolute Gasteiger partial charge is 0.194 e. The molecule has 2 aromatic carbocycles. The molecule has 0 aromatic heterocycles. The largest absolute Gasteiger partial charge is 0.289 e. The molecule has 0 aliphatic rings. The highest BCUT2D eigenvalue weighted by Gasteiger charge is 2.11. The van der Waals surface area contributed by atoms with Gasteiger partial charge in [-0.25, -0.2) is 0 Å². The summed E-state index contributed by atoms with van der Waals surface area (Å²) in [7, 11) is 0. The van der Waals surface area contributed by atoms with Gasteiger partial charge in [0.1, 0.15) is 0 Å². The van der Waals surface area contributed by atoms with E-state index in [-0.39, 0.29) is 5.78 Å². The SMILES string of the molecule is O=CC#Cc1ccccc1C(=O)c1ccccc1. The van der Waals surface area contributed by atoms with Crippen LogP contribution in [0.25, 0.3) is 0 Å². The van der Waals surface area contributed by atoms with Gasteiger partial charge in [0, 0.05) is 16.7 Å². The molecule has 0 radical (unpaired) electrons. The van der Waals surface area contributed by atoms with Crippen molar-refractivity contribution in [3.63, 3.8) is 0 Å². The number of ketones is 1. The Hall–Kier alpha value is -2.66. The second-order valence-electron chi connectivity index (χ2n) is 3.63. The van der Waals surface area contributed by atoms with Crippen LogP contribution in [-0.4, -0.2) is 12.1 Å². The minimum absolute atomic E-state index is 0.0913. The van der Waals surface area contributed by atoms with Gasteiger partial charge in [0.2, 0.25) is 0 Å². The summed E-state index contributed by atoms with van der Waals surface area (Å²) < 4.78 is 0. The van der Waals surface area contributed by atoms with Crippen LogP contribution in [0, 0.1) is 11.8 Å². The highest BCUT2D eigenvalue weighted by Crippen LogP contribution is 2.13. The van der Waals surface area contributed by atoms with Crippen molar-refractivity contribution in [2.45, 2.75) is 0 Å². The van der Waals surface area contributed by atoms with Crippen molar-refractivity contribution >= 4 is 12.1 Å². The van der Waals surface area contributed by atoms with Gasteiger partial charge in [-0.2, -0.15) is 0 Å². The standard InChI is InChI=1S/C16H10O2/c17-12-6-10-13-7-4-5-11-15(13)16(18)14-8-2-1-3-9-14/h1-5,7-9,11-12H. The highest BCUT2D eigenvalue weighted by atomic mass is 16.1. The van der Waals surface area contributed by atoms with Crippen molar-refractivity contribution in [2.24, 2.45) is 0 Å². The Labute approximate surface area is 105 Å². The van der Waals surface area contributed by atoms with Crippen LogP contribution in [0.3, 0.4) is 0 Å². The second-order valence-corrected chi connectivity index (χ2v) is 3.63. The predicted octanol–water partition coefficient (Wildman–Crippen LogP) is 2.47. The number of rotatable bonds is 2. The number of benzene rings is 2. The summed E-state index contributed by atoms with van der Waals surface area (Å²) in [5, 5.41) is 0. The van der Waals surface area contributed by atoms with Gasteiger partial charge >= 0.3 is 0 Å². The van der Waals surface area contributed by atoms with E-state index in [1.54, 1.807) is 36.4 Å². The minimum Gasteiger partial charge on any atom is -0.289 e. The highest BCUT2D eigenvalue weighted by molar-refractivity contribution is 6.10. The van der Waals surface area contributed by atoms with Gasteiger partial charge < -0.3 is 0 Å². The molecule has 0 saturated carbocycles. The van der Waals surface area contributed by atoms with E-state index in [0.29, 0.717) is 23.0 Å². The Kier molecular flexibility index (Phi) is 3.68. The van der Waals surface area contributed by atoms with Crippen molar-refractivity contribution in [3.8, 4) is 11.8 Å². The fourth-order valence-electron chi connectivity index (χ4n) is 1.64. The molecule has 2 heteroatoms. The van der Waals surface area contributed by atoms with Gasteiger partial charge in [-0.1, -0.05) is 48.4 Å². The van der Waals surface area contributed by atoms with Crippen LogP contribution in [0.2, 0.25) is 0 Å². The Morgan fingerprint density at radius 1 is 0.944 bits per heavy atom. The summed E-state index contributed by atoms with van der Waals surface area (Å²) in [6.45, 7) is 0. The molecular weight excluding hydrogens is 224 g/mol. The van der Waals surface area contributed by atoms with Gasteiger partial charge in [-0.15, -0.1) is 0 Å². The molecule has 86 valence electrons. The Morgan fingerprint density at radius 2 is 1.61 bits per heavy atom. The van der Waals surface area contributed by atoms with Crippen LogP contribution in [0.4, 0.5) is 0 Å². The Morgan fingerprint density at radius 3 is 2.33 bits per heavy atom. The maximum Gasteiger partial charge on any atom is 0.194 e. The van der Waals surface area contributed by atoms with E-state index in [1.165, 1.54) is 0 Å². The molecule has 18 heavy (non-hydrogen) atoms. The van der Waals surface area contributed by atoms with Crippen LogP contribution in [0.1, 0.15) is 21.5 Å². The normalized spacial score (nSPS) is 9.11. The van der Waals surface area contributed by atoms with Crippen molar-refractivity contribution in [1.82, 2.24) is 0 Å². The van der Waals surface area contributed by atoms with E-state index in [1.807, 2.05) is 18.2 Å². The lowest BCUT2D eigenvalue weighted by Gasteiger charge is -2.03. The summed E-state index contributed by atoms with van der Waals surface area (Å²) in [5.74, 6) is 4.91. The summed E-state index contributed by atoms with van der Waals surface area (Å²) in [5.41, 5.74) is 1.69. The number of hydrogen-bond acceptors (Lipinski definition) is 2. The van der Waals surface area contributed by atoms with Crippen LogP contribution < -0.4 is 0 Å². The fraction of sp³-hybridized carbons (Fsp3) is 0. The fourth-order valence-corrected chi connectivity index (χ4v) is 1.64. The maximum absolute atomic E-state index is 12.3. The van der Waals surface area contributed by atoms with E-state index in [0.717, 1.165) is 0 Å². The maximum atomic E-state index is 12.3. The quantitative estimate of drug-likeness (QED) is 0.454. The molecule has 0 unspecified atom stereocenters. The number of hydrogen-bond donors (Lipinski definition) is 0. The average Bonchev–Trinajstić information content (AvgIpc) is 2.45. The molecule has 0 atom stereocenters. The van der Waals surface area contributed by atoms with E-state index < -0.39 is 0 Å². The van der Waals surface area contributed by atoms with Crippen LogP contribution in [0.5, 0.6) is 0 Å². The first-order valence-corrected chi connectivity index (χ1v) is 5.47. The zero-order valence-corrected chi connectivity index (χ0v) is 9.59. The molecule has 2 rings (SSSR count). The number of carbonyl (C=O) groups is 2. The zero-order valence-electron chi connectivity index (χ0n) is 9.59. The molecule has 2 nitrogen and oxygen atoms in total. The monoisotopic (exact) mass is 234 g/mol. The number of aldehydes is 1. The van der Waals surface area contributed by atoms with Gasteiger partial charge in [0.25, 0.3) is 0 Å². The summed E-state index contributed by atoms with van der Waals surface area (Å²) >= 11 is 0. The lowest BCUT2D eigenvalue weighted by atomic mass is 9.99. The van der Waals surface area contributed by atoms with Gasteiger partial charge in [0.15, 0.2) is 12.1 Å². The van der Waals surface area contributed by atoms with E-state index in [4.69, 9.17) is 0 Å².